The summed E-state index contributed by atoms with van der Waals surface area (Å²) in [6.07, 6.45) is 2.21. The maximum atomic E-state index is 14.0. The van der Waals surface area contributed by atoms with Gasteiger partial charge in [-0.05, 0) is 49.1 Å². The van der Waals surface area contributed by atoms with Crippen molar-refractivity contribution in [2.75, 3.05) is 20.2 Å². The summed E-state index contributed by atoms with van der Waals surface area (Å²) in [5.74, 6) is -0.360. The molecule has 0 radical (unpaired) electrons. The van der Waals surface area contributed by atoms with E-state index in [9.17, 15) is 13.6 Å². The van der Waals surface area contributed by atoms with Crippen LogP contribution in [-0.2, 0) is 6.42 Å². The first-order chi connectivity index (χ1) is 14.5. The van der Waals surface area contributed by atoms with E-state index in [1.165, 1.54) is 25.3 Å². The number of benzene rings is 2. The van der Waals surface area contributed by atoms with Crippen molar-refractivity contribution < 1.29 is 22.8 Å². The van der Waals surface area contributed by atoms with Crippen LogP contribution in [0.1, 0.15) is 29.1 Å². The Kier molecular flexibility index (Phi) is 5.74. The van der Waals surface area contributed by atoms with Crippen LogP contribution >= 0.6 is 0 Å². The smallest absolute Gasteiger partial charge is 0.253 e. The van der Waals surface area contributed by atoms with Gasteiger partial charge in [0.1, 0.15) is 5.82 Å². The number of nitrogens with zero attached hydrogens (tertiary/aromatic N) is 3. The highest BCUT2D eigenvalue weighted by molar-refractivity contribution is 5.94. The number of methoxy groups -OCH3 is 1. The fourth-order valence-electron chi connectivity index (χ4n) is 3.73. The van der Waals surface area contributed by atoms with Crippen molar-refractivity contribution >= 4 is 5.91 Å². The minimum atomic E-state index is -0.566. The van der Waals surface area contributed by atoms with Crippen LogP contribution in [0, 0.1) is 17.6 Å². The summed E-state index contributed by atoms with van der Waals surface area (Å²) in [6, 6.07) is 10.5. The van der Waals surface area contributed by atoms with E-state index in [1.807, 2.05) is 0 Å². The summed E-state index contributed by atoms with van der Waals surface area (Å²) >= 11 is 0. The van der Waals surface area contributed by atoms with Crippen LogP contribution in [0.4, 0.5) is 8.78 Å². The molecule has 6 nitrogen and oxygen atoms in total. The van der Waals surface area contributed by atoms with Gasteiger partial charge in [0.25, 0.3) is 5.91 Å². The molecule has 1 unspecified atom stereocenters. The van der Waals surface area contributed by atoms with Crippen molar-refractivity contribution in [2.24, 2.45) is 5.92 Å². The topological polar surface area (TPSA) is 68.5 Å². The molecular weight excluding hydrogens is 392 g/mol. The number of aromatic nitrogens is 2. The molecule has 1 fully saturated rings. The van der Waals surface area contributed by atoms with Crippen molar-refractivity contribution in [1.29, 1.82) is 0 Å². The summed E-state index contributed by atoms with van der Waals surface area (Å²) in [5.41, 5.74) is 0.572. The molecule has 0 bridgehead atoms. The van der Waals surface area contributed by atoms with Crippen LogP contribution in [0.25, 0.3) is 11.4 Å². The highest BCUT2D eigenvalue weighted by Crippen LogP contribution is 2.25. The normalized spacial score (nSPS) is 16.5. The average molecular weight is 413 g/mol. The maximum absolute atomic E-state index is 14.0. The number of amides is 1. The van der Waals surface area contributed by atoms with Crippen molar-refractivity contribution in [3.05, 3.63) is 65.6 Å². The summed E-state index contributed by atoms with van der Waals surface area (Å²) in [5, 5.41) is 3.88. The van der Waals surface area contributed by atoms with E-state index in [4.69, 9.17) is 9.26 Å². The molecule has 0 aliphatic carbocycles. The van der Waals surface area contributed by atoms with E-state index in [2.05, 4.69) is 10.1 Å². The lowest BCUT2D eigenvalue weighted by atomic mass is 9.94. The lowest BCUT2D eigenvalue weighted by Gasteiger charge is -2.32. The second-order valence-electron chi connectivity index (χ2n) is 7.30. The van der Waals surface area contributed by atoms with E-state index in [1.54, 1.807) is 29.2 Å². The summed E-state index contributed by atoms with van der Waals surface area (Å²) in [7, 11) is 1.38. The number of hydrogen-bond acceptors (Lipinski definition) is 5. The van der Waals surface area contributed by atoms with Crippen molar-refractivity contribution in [3.8, 4) is 17.1 Å². The first-order valence-electron chi connectivity index (χ1n) is 9.75. The second-order valence-corrected chi connectivity index (χ2v) is 7.30. The fraction of sp³-hybridized carbons (Fsp3) is 0.318. The van der Waals surface area contributed by atoms with E-state index < -0.39 is 11.6 Å². The summed E-state index contributed by atoms with van der Waals surface area (Å²) in [6.45, 7) is 1.11. The van der Waals surface area contributed by atoms with Gasteiger partial charge in [-0.25, -0.2) is 8.78 Å². The van der Waals surface area contributed by atoms with Crippen LogP contribution in [0.15, 0.2) is 47.0 Å². The molecule has 0 N–H and O–H groups in total. The zero-order chi connectivity index (χ0) is 21.1. The molecular formula is C22H21F2N3O3. The first kappa shape index (κ1) is 20.0. The molecule has 30 heavy (non-hydrogen) atoms. The Labute approximate surface area is 172 Å². The van der Waals surface area contributed by atoms with Gasteiger partial charge >= 0.3 is 0 Å². The third kappa shape index (κ3) is 4.17. The molecule has 0 spiro atoms. The summed E-state index contributed by atoms with van der Waals surface area (Å²) in [4.78, 5) is 18.8. The molecule has 2 aromatic carbocycles. The lowest BCUT2D eigenvalue weighted by molar-refractivity contribution is 0.0667. The fourth-order valence-corrected chi connectivity index (χ4v) is 3.73. The molecule has 156 valence electrons. The summed E-state index contributed by atoms with van der Waals surface area (Å²) < 4.78 is 38.1. The van der Waals surface area contributed by atoms with Crippen LogP contribution in [0.5, 0.6) is 5.75 Å². The number of rotatable bonds is 5. The monoisotopic (exact) mass is 413 g/mol. The second kappa shape index (κ2) is 8.61. The number of hydrogen-bond donors (Lipinski definition) is 0. The molecule has 3 aromatic rings. The van der Waals surface area contributed by atoms with Crippen LogP contribution in [-0.4, -0.2) is 41.1 Å². The lowest BCUT2D eigenvalue weighted by Crippen LogP contribution is -2.40. The van der Waals surface area contributed by atoms with Gasteiger partial charge in [-0.2, -0.15) is 4.98 Å². The molecule has 1 atom stereocenters. The number of piperidine rings is 1. The van der Waals surface area contributed by atoms with Crippen LogP contribution < -0.4 is 4.74 Å². The predicted octanol–water partition coefficient (Wildman–Crippen LogP) is 4.12. The van der Waals surface area contributed by atoms with E-state index in [0.717, 1.165) is 12.8 Å². The van der Waals surface area contributed by atoms with Gasteiger partial charge in [-0.3, -0.25) is 4.79 Å². The van der Waals surface area contributed by atoms with Crippen LogP contribution in [0.3, 0.4) is 0 Å². The van der Waals surface area contributed by atoms with E-state index in [0.29, 0.717) is 25.4 Å². The third-order valence-corrected chi connectivity index (χ3v) is 5.25. The Bertz CT molecular complexity index is 1050. The Morgan fingerprint density at radius 2 is 2.07 bits per heavy atom. The van der Waals surface area contributed by atoms with Gasteiger partial charge in [0, 0.05) is 25.1 Å². The molecule has 0 saturated carbocycles. The van der Waals surface area contributed by atoms with Gasteiger partial charge in [0.2, 0.25) is 11.7 Å². The minimum absolute atomic E-state index is 0.102. The quantitative estimate of drug-likeness (QED) is 0.630. The minimum Gasteiger partial charge on any atom is -0.494 e. The van der Waals surface area contributed by atoms with Gasteiger partial charge in [0.05, 0.1) is 12.7 Å². The van der Waals surface area contributed by atoms with Gasteiger partial charge in [0.15, 0.2) is 11.6 Å². The molecule has 4 rings (SSSR count). The number of carbonyl (C=O) groups is 1. The molecule has 1 aliphatic rings. The first-order valence-corrected chi connectivity index (χ1v) is 9.75. The Morgan fingerprint density at radius 3 is 2.83 bits per heavy atom. The molecule has 1 amide bonds. The van der Waals surface area contributed by atoms with Gasteiger partial charge in [-0.1, -0.05) is 17.3 Å². The molecule has 1 aromatic heterocycles. The highest BCUT2D eigenvalue weighted by Gasteiger charge is 2.27. The third-order valence-electron chi connectivity index (χ3n) is 5.25. The Balaban J connectivity index is 1.43. The van der Waals surface area contributed by atoms with E-state index >= 15 is 0 Å². The number of likely N-dealkylation sites (tertiary alicyclic amines) is 1. The van der Waals surface area contributed by atoms with Crippen molar-refractivity contribution in [2.45, 2.75) is 19.3 Å². The molecule has 1 saturated heterocycles. The van der Waals surface area contributed by atoms with E-state index in [-0.39, 0.29) is 34.5 Å². The standard InChI is InChI=1S/C22H21F2N3O3/c1-29-19-9-8-15(12-18(19)24)22(28)27-10-4-5-14(13-27)11-20-25-21(26-30-20)16-6-2-3-7-17(16)23/h2-3,6-9,12,14H,4-5,10-11,13H2,1H3. The Morgan fingerprint density at radius 1 is 1.23 bits per heavy atom. The molecule has 8 heteroatoms. The number of ether oxygens (including phenoxy) is 1. The average Bonchev–Trinajstić information content (AvgIpc) is 3.22. The SMILES string of the molecule is COc1ccc(C(=O)N2CCCC(Cc3nc(-c4ccccc4F)no3)C2)cc1F. The highest BCUT2D eigenvalue weighted by atomic mass is 19.1. The molecule has 2 heterocycles. The predicted molar refractivity (Wildman–Crippen MR) is 105 cm³/mol. The van der Waals surface area contributed by atoms with Gasteiger partial charge in [-0.15, -0.1) is 0 Å². The zero-order valence-electron chi connectivity index (χ0n) is 16.5. The van der Waals surface area contributed by atoms with Crippen molar-refractivity contribution in [1.82, 2.24) is 15.0 Å². The van der Waals surface area contributed by atoms with Crippen molar-refractivity contribution in [3.63, 3.8) is 0 Å². The number of halogens is 2. The zero-order valence-corrected chi connectivity index (χ0v) is 16.5. The van der Waals surface area contributed by atoms with Crippen LogP contribution in [0.2, 0.25) is 0 Å². The van der Waals surface area contributed by atoms with Gasteiger partial charge < -0.3 is 14.2 Å². The molecule has 1 aliphatic heterocycles. The Hall–Kier alpha value is -3.29. The largest absolute Gasteiger partial charge is 0.494 e. The maximum Gasteiger partial charge on any atom is 0.253 e. The number of carbonyl (C=O) groups excluding carboxylic acids is 1.